The summed E-state index contributed by atoms with van der Waals surface area (Å²) in [7, 11) is 1.71. The van der Waals surface area contributed by atoms with Crippen molar-refractivity contribution in [2.45, 2.75) is 50.2 Å². The lowest BCUT2D eigenvalue weighted by atomic mass is 9.87. The third-order valence-corrected chi connectivity index (χ3v) is 8.41. The van der Waals surface area contributed by atoms with E-state index in [2.05, 4.69) is 28.2 Å². The van der Waals surface area contributed by atoms with E-state index in [9.17, 15) is 14.4 Å². The number of piperidine rings is 1. The number of carbonyl (C=O) groups excluding carboxylic acids is 3. The lowest BCUT2D eigenvalue weighted by molar-refractivity contribution is -0.137. The number of nitrogens with one attached hydrogen (secondary N) is 3. The number of carbonyl (C=O) groups is 3. The summed E-state index contributed by atoms with van der Waals surface area (Å²) in [6, 6.07) is 22.3. The van der Waals surface area contributed by atoms with Crippen molar-refractivity contribution in [3.63, 3.8) is 0 Å². The predicted molar refractivity (Wildman–Crippen MR) is 160 cm³/mol. The fourth-order valence-corrected chi connectivity index (χ4v) is 6.01. The van der Waals surface area contributed by atoms with Crippen LogP contribution in [0.25, 0.3) is 0 Å². The highest BCUT2D eigenvalue weighted by atomic mass is 35.5. The van der Waals surface area contributed by atoms with Crippen LogP contribution in [0.2, 0.25) is 5.02 Å². The second-order valence-electron chi connectivity index (χ2n) is 10.7. The maximum atomic E-state index is 13.9. The van der Waals surface area contributed by atoms with Crippen LogP contribution in [0.3, 0.4) is 0 Å². The highest BCUT2D eigenvalue weighted by Crippen LogP contribution is 2.34. The molecular weight excluding hydrogens is 538 g/mol. The van der Waals surface area contributed by atoms with Crippen LogP contribution in [0, 0.1) is 0 Å². The van der Waals surface area contributed by atoms with Gasteiger partial charge in [-0.2, -0.15) is 0 Å². The zero-order valence-electron chi connectivity index (χ0n) is 23.2. The second kappa shape index (κ2) is 13.3. The van der Waals surface area contributed by atoms with Crippen molar-refractivity contribution in [2.24, 2.45) is 0 Å². The summed E-state index contributed by atoms with van der Waals surface area (Å²) < 4.78 is 0. The van der Waals surface area contributed by atoms with Gasteiger partial charge in [0.05, 0.1) is 11.7 Å². The van der Waals surface area contributed by atoms with E-state index >= 15 is 0 Å². The molecule has 5 rings (SSSR count). The maximum absolute atomic E-state index is 13.9. The SMILES string of the molecule is CNN(C=O)c1ccccc1C1CCN(C(=O)[C@@H](Cc2ccc(Cl)cc2)NC(=O)[C@@H]2Cc3ccccc3CN2)CC1. The molecule has 1 saturated heterocycles. The van der Waals surface area contributed by atoms with Crippen LogP contribution in [0.1, 0.15) is 41.0 Å². The molecule has 0 spiro atoms. The Labute approximate surface area is 246 Å². The molecule has 1 fully saturated rings. The van der Waals surface area contributed by atoms with Crippen molar-refractivity contribution in [1.29, 1.82) is 0 Å². The number of likely N-dealkylation sites (tertiary alicyclic amines) is 1. The third-order valence-electron chi connectivity index (χ3n) is 8.15. The minimum atomic E-state index is -0.693. The largest absolute Gasteiger partial charge is 0.343 e. The van der Waals surface area contributed by atoms with Crippen molar-refractivity contribution < 1.29 is 14.4 Å². The summed E-state index contributed by atoms with van der Waals surface area (Å²) in [5, 5.41) is 8.51. The van der Waals surface area contributed by atoms with Crippen LogP contribution in [-0.2, 0) is 33.8 Å². The van der Waals surface area contributed by atoms with Gasteiger partial charge >= 0.3 is 0 Å². The minimum absolute atomic E-state index is 0.0824. The van der Waals surface area contributed by atoms with Gasteiger partial charge < -0.3 is 15.5 Å². The van der Waals surface area contributed by atoms with Crippen molar-refractivity contribution in [3.8, 4) is 0 Å². The van der Waals surface area contributed by atoms with E-state index in [1.807, 2.05) is 53.4 Å². The van der Waals surface area contributed by atoms with Gasteiger partial charge in [0.25, 0.3) is 0 Å². The van der Waals surface area contributed by atoms with Crippen molar-refractivity contribution in [3.05, 3.63) is 100 Å². The molecule has 2 heterocycles. The number of nitrogens with zero attached hydrogens (tertiary/aromatic N) is 2. The van der Waals surface area contributed by atoms with Gasteiger partial charge in [0.1, 0.15) is 6.04 Å². The molecule has 0 aromatic heterocycles. The van der Waals surface area contributed by atoms with Gasteiger partial charge in [0.15, 0.2) is 0 Å². The molecule has 41 heavy (non-hydrogen) atoms. The van der Waals surface area contributed by atoms with Gasteiger partial charge in [-0.05, 0) is 65.6 Å². The Bertz CT molecular complexity index is 1370. The Balaban J connectivity index is 1.28. The monoisotopic (exact) mass is 573 g/mol. The van der Waals surface area contributed by atoms with E-state index in [0.29, 0.717) is 37.5 Å². The van der Waals surface area contributed by atoms with E-state index in [1.54, 1.807) is 19.2 Å². The lowest BCUT2D eigenvalue weighted by Gasteiger charge is -2.36. The average molecular weight is 574 g/mol. The molecule has 0 saturated carbocycles. The standard InChI is InChI=1S/C32H36ClN5O3/c1-34-38(21-39)30-9-5-4-8-27(30)23-14-16-37(17-15-23)32(41)29(18-22-10-12-26(33)13-11-22)36-31(40)28-19-24-6-2-3-7-25(24)20-35-28/h2-13,21,23,28-29,34-35H,14-20H2,1H3,(H,36,40)/t28-,29+/m0/s1. The van der Waals surface area contributed by atoms with Crippen LogP contribution < -0.4 is 21.1 Å². The van der Waals surface area contributed by atoms with Gasteiger partial charge in [0, 0.05) is 38.1 Å². The molecule has 0 radical (unpaired) electrons. The lowest BCUT2D eigenvalue weighted by Crippen LogP contribution is -2.56. The van der Waals surface area contributed by atoms with Crippen LogP contribution in [0.4, 0.5) is 5.69 Å². The maximum Gasteiger partial charge on any atom is 0.245 e. The number of benzene rings is 3. The van der Waals surface area contributed by atoms with Crippen molar-refractivity contribution >= 4 is 35.5 Å². The summed E-state index contributed by atoms with van der Waals surface area (Å²) >= 11 is 6.09. The second-order valence-corrected chi connectivity index (χ2v) is 11.1. The van der Waals surface area contributed by atoms with Gasteiger partial charge in [-0.25, -0.2) is 10.4 Å². The normalized spacial score (nSPS) is 17.8. The molecule has 0 bridgehead atoms. The Morgan fingerprint density at radius 1 is 1.02 bits per heavy atom. The number of para-hydroxylation sites is 1. The molecule has 2 aliphatic rings. The number of amides is 3. The summed E-state index contributed by atoms with van der Waals surface area (Å²) in [5.74, 6) is -0.0421. The van der Waals surface area contributed by atoms with E-state index in [1.165, 1.54) is 10.6 Å². The molecule has 2 atom stereocenters. The number of fused-ring (bicyclic) bond motifs is 1. The fraction of sp³-hybridized carbons (Fsp3) is 0.344. The quantitative estimate of drug-likeness (QED) is 0.269. The molecule has 2 aliphatic heterocycles. The van der Waals surface area contributed by atoms with Crippen LogP contribution >= 0.6 is 11.6 Å². The number of hydrogen-bond acceptors (Lipinski definition) is 5. The highest BCUT2D eigenvalue weighted by Gasteiger charge is 2.33. The summed E-state index contributed by atoms with van der Waals surface area (Å²) in [6.07, 6.45) is 3.26. The van der Waals surface area contributed by atoms with Gasteiger partial charge in [-0.3, -0.25) is 14.4 Å². The average Bonchev–Trinajstić information content (AvgIpc) is 3.02. The Kier molecular flexibility index (Phi) is 9.34. The first kappa shape index (κ1) is 28.8. The van der Waals surface area contributed by atoms with E-state index in [0.717, 1.165) is 41.6 Å². The number of halogens is 1. The van der Waals surface area contributed by atoms with Crippen LogP contribution in [-0.4, -0.2) is 55.3 Å². The number of hydrogen-bond donors (Lipinski definition) is 3. The van der Waals surface area contributed by atoms with Gasteiger partial charge in [-0.15, -0.1) is 0 Å². The number of anilines is 1. The summed E-state index contributed by atoms with van der Waals surface area (Å²) in [5.41, 5.74) is 8.10. The van der Waals surface area contributed by atoms with Crippen LogP contribution in [0.15, 0.2) is 72.8 Å². The Morgan fingerprint density at radius 3 is 2.41 bits per heavy atom. The van der Waals surface area contributed by atoms with Gasteiger partial charge in [-0.1, -0.05) is 66.2 Å². The molecule has 3 aromatic carbocycles. The van der Waals surface area contributed by atoms with Crippen molar-refractivity contribution in [2.75, 3.05) is 25.1 Å². The molecule has 9 heteroatoms. The van der Waals surface area contributed by atoms with Crippen LogP contribution in [0.5, 0.6) is 0 Å². The zero-order valence-corrected chi connectivity index (χ0v) is 23.9. The first-order valence-corrected chi connectivity index (χ1v) is 14.5. The Hall–Kier alpha value is -3.72. The van der Waals surface area contributed by atoms with E-state index in [-0.39, 0.29) is 17.7 Å². The number of hydrazine groups is 1. The fourth-order valence-electron chi connectivity index (χ4n) is 5.88. The predicted octanol–water partition coefficient (Wildman–Crippen LogP) is 3.59. The van der Waals surface area contributed by atoms with Gasteiger partial charge in [0.2, 0.25) is 18.2 Å². The first-order valence-electron chi connectivity index (χ1n) is 14.1. The van der Waals surface area contributed by atoms with E-state index < -0.39 is 12.1 Å². The highest BCUT2D eigenvalue weighted by molar-refractivity contribution is 6.30. The first-order chi connectivity index (χ1) is 20.0. The Morgan fingerprint density at radius 2 is 1.71 bits per heavy atom. The molecular formula is C32H36ClN5O3. The molecule has 3 N–H and O–H groups in total. The van der Waals surface area contributed by atoms with Crippen molar-refractivity contribution in [1.82, 2.24) is 21.0 Å². The minimum Gasteiger partial charge on any atom is -0.343 e. The smallest absolute Gasteiger partial charge is 0.245 e. The molecule has 214 valence electrons. The molecule has 0 unspecified atom stereocenters. The molecule has 8 nitrogen and oxygen atoms in total. The zero-order chi connectivity index (χ0) is 28.8. The topological polar surface area (TPSA) is 93.8 Å². The number of rotatable bonds is 9. The summed E-state index contributed by atoms with van der Waals surface area (Å²) in [4.78, 5) is 40.8. The molecule has 3 aromatic rings. The molecule has 3 amide bonds. The summed E-state index contributed by atoms with van der Waals surface area (Å²) in [6.45, 7) is 1.76. The van der Waals surface area contributed by atoms with E-state index in [4.69, 9.17) is 11.6 Å². The molecule has 0 aliphatic carbocycles. The third kappa shape index (κ3) is 6.78.